The average Bonchev–Trinajstić information content (AvgIpc) is 3.62. The van der Waals surface area contributed by atoms with Crippen LogP contribution in [0.2, 0.25) is 5.02 Å². The molecule has 2 aliphatic heterocycles. The number of ether oxygens (including phenoxy) is 1. The number of anilines is 1. The van der Waals surface area contributed by atoms with Gasteiger partial charge in [-0.25, -0.2) is 18.6 Å². The molecule has 2 aromatic heterocycles. The summed E-state index contributed by atoms with van der Waals surface area (Å²) in [6.07, 6.45) is -2.85. The van der Waals surface area contributed by atoms with E-state index in [2.05, 4.69) is 32.2 Å². The van der Waals surface area contributed by atoms with Crippen molar-refractivity contribution in [2.75, 3.05) is 38.6 Å². The van der Waals surface area contributed by atoms with Crippen molar-refractivity contribution in [1.29, 1.82) is 0 Å². The third-order valence-electron chi connectivity index (χ3n) is 8.42. The first kappa shape index (κ1) is 36.5. The van der Waals surface area contributed by atoms with Crippen LogP contribution in [0.3, 0.4) is 0 Å². The zero-order valence-electron chi connectivity index (χ0n) is 26.6. The predicted molar refractivity (Wildman–Crippen MR) is 172 cm³/mol. The highest BCUT2D eigenvalue weighted by atomic mass is 35.5. The molecule has 1 amide bonds. The summed E-state index contributed by atoms with van der Waals surface area (Å²) in [5, 5.41) is 20.3. The second-order valence-electron chi connectivity index (χ2n) is 11.9. The number of aromatic amines is 2. The van der Waals surface area contributed by atoms with Gasteiger partial charge in [-0.15, -0.1) is 0 Å². The number of aliphatic hydroxyl groups is 1. The van der Waals surface area contributed by atoms with Crippen LogP contribution in [-0.2, 0) is 11.3 Å². The van der Waals surface area contributed by atoms with E-state index in [1.165, 1.54) is 13.1 Å². The van der Waals surface area contributed by atoms with E-state index < -0.39 is 35.4 Å². The highest BCUT2D eigenvalue weighted by Gasteiger charge is 2.38. The van der Waals surface area contributed by atoms with Gasteiger partial charge in [0.05, 0.1) is 16.7 Å². The number of hydrogen-bond donors (Lipinski definition) is 5. The molecule has 18 heteroatoms. The highest BCUT2D eigenvalue weighted by Crippen LogP contribution is 2.33. The van der Waals surface area contributed by atoms with Crippen molar-refractivity contribution in [1.82, 2.24) is 24.8 Å². The van der Waals surface area contributed by atoms with E-state index in [1.807, 2.05) is 11.0 Å². The van der Waals surface area contributed by atoms with Gasteiger partial charge in [0.2, 0.25) is 0 Å². The zero-order chi connectivity index (χ0) is 36.5. The Morgan fingerprint density at radius 2 is 1.88 bits per heavy atom. The molecule has 6 rings (SSSR count). The number of benzene rings is 2. The molecule has 0 radical (unpaired) electrons. The number of imidazole rings is 1. The lowest BCUT2D eigenvalue weighted by atomic mass is 10.0. The lowest BCUT2D eigenvalue weighted by Gasteiger charge is -2.34. The topological polar surface area (TPSA) is 164 Å². The third-order valence-corrected chi connectivity index (χ3v) is 8.77. The molecule has 4 heterocycles. The maximum atomic E-state index is 14.1. The molecule has 50 heavy (non-hydrogen) atoms. The summed E-state index contributed by atoms with van der Waals surface area (Å²) in [7, 11) is 2.09. The first-order valence-corrected chi connectivity index (χ1v) is 15.7. The summed E-state index contributed by atoms with van der Waals surface area (Å²) in [6, 6.07) is 6.50. The number of pyridine rings is 1. The minimum atomic E-state index is -5.08. The molecule has 0 bridgehead atoms. The molecule has 0 aliphatic carbocycles. The Labute approximate surface area is 285 Å². The van der Waals surface area contributed by atoms with Crippen molar-refractivity contribution in [3.8, 4) is 17.1 Å². The number of fused-ring (bicyclic) bond motifs is 2. The van der Waals surface area contributed by atoms with Crippen LogP contribution in [0.5, 0.6) is 5.75 Å². The predicted octanol–water partition coefficient (Wildman–Crippen LogP) is 4.69. The molecule has 1 fully saturated rings. The number of H-pyrrole nitrogens is 2. The summed E-state index contributed by atoms with van der Waals surface area (Å²) >= 11 is 5.92. The number of piperidine rings is 1. The van der Waals surface area contributed by atoms with Crippen LogP contribution in [0.25, 0.3) is 22.4 Å². The highest BCUT2D eigenvalue weighted by molar-refractivity contribution is 6.32. The lowest BCUT2D eigenvalue weighted by molar-refractivity contribution is -0.192. The molecular weight excluding hydrogens is 695 g/mol. The molecule has 0 saturated carbocycles. The Morgan fingerprint density at radius 1 is 1.20 bits per heavy atom. The standard InChI is InChI=1S/C30H31ClF2N6O4.C2HF3O2/c1-15-20(32)11-24(26(31)27(15)33)43-14-18(40)12-35-21-3-6-34-29(41)25(21)28-36-22-9-16-13-39(17-4-7-38(2)8-5-17)30(42)19(16)10-23(22)37-28;3-2(4,5)1(6)7/h3,6,9-11,17-18,40H,4-5,7-8,12-14H2,1-2H3,(H,36,37)(H2,34,35,41);(H,6,7)/t18-;/m1./s1. The van der Waals surface area contributed by atoms with Crippen LogP contribution in [0.15, 0.2) is 35.3 Å². The van der Waals surface area contributed by atoms with E-state index in [-0.39, 0.29) is 47.0 Å². The van der Waals surface area contributed by atoms with E-state index in [9.17, 15) is 36.6 Å². The van der Waals surface area contributed by atoms with Gasteiger partial charge in [0.15, 0.2) is 5.82 Å². The smallest absolute Gasteiger partial charge is 0.489 e. The summed E-state index contributed by atoms with van der Waals surface area (Å²) in [6.45, 7) is 3.36. The Kier molecular flexibility index (Phi) is 10.7. The fourth-order valence-electron chi connectivity index (χ4n) is 5.66. The van der Waals surface area contributed by atoms with Crippen molar-refractivity contribution in [2.24, 2.45) is 0 Å². The Balaban J connectivity index is 0.000000630. The molecule has 1 saturated heterocycles. The molecule has 0 unspecified atom stereocenters. The number of carboxylic acids is 1. The number of carbonyl (C=O) groups excluding carboxylic acids is 1. The Hall–Kier alpha value is -4.74. The number of alkyl halides is 3. The number of aliphatic hydroxyl groups excluding tert-OH is 1. The largest absolute Gasteiger partial charge is 0.490 e. The number of carbonyl (C=O) groups is 2. The second kappa shape index (κ2) is 14.6. The molecule has 268 valence electrons. The summed E-state index contributed by atoms with van der Waals surface area (Å²) in [4.78, 5) is 49.8. The summed E-state index contributed by atoms with van der Waals surface area (Å²) in [5.41, 5.74) is 2.78. The van der Waals surface area contributed by atoms with Gasteiger partial charge in [-0.3, -0.25) is 9.59 Å². The fraction of sp³-hybridized carbons (Fsp3) is 0.375. The minimum absolute atomic E-state index is 0.00419. The molecule has 1 atom stereocenters. The number of aliphatic carboxylic acids is 1. The lowest BCUT2D eigenvalue weighted by Crippen LogP contribution is -2.43. The van der Waals surface area contributed by atoms with Crippen molar-refractivity contribution >= 4 is 40.2 Å². The van der Waals surface area contributed by atoms with Crippen molar-refractivity contribution in [3.63, 3.8) is 0 Å². The van der Waals surface area contributed by atoms with Gasteiger partial charge >= 0.3 is 12.1 Å². The van der Waals surface area contributed by atoms with Gasteiger partial charge < -0.3 is 40.0 Å². The number of likely N-dealkylation sites (tertiary alicyclic amines) is 1. The van der Waals surface area contributed by atoms with Gasteiger partial charge in [-0.1, -0.05) is 11.6 Å². The third kappa shape index (κ3) is 7.84. The molecule has 12 nitrogen and oxygen atoms in total. The SMILES string of the molecule is Cc1c(F)cc(OC[C@H](O)CNc2cc[nH]c(=O)c2-c2nc3cc4c(cc3[nH]2)CN(C2CCN(C)CC2)C4=O)c(Cl)c1F.O=C(O)C(F)(F)F. The minimum Gasteiger partial charge on any atom is -0.489 e. The maximum absolute atomic E-state index is 14.1. The van der Waals surface area contributed by atoms with E-state index in [1.54, 1.807) is 12.1 Å². The molecule has 4 aromatic rings. The van der Waals surface area contributed by atoms with Crippen LogP contribution in [-0.4, -0.2) is 98.5 Å². The van der Waals surface area contributed by atoms with E-state index >= 15 is 0 Å². The van der Waals surface area contributed by atoms with Crippen LogP contribution >= 0.6 is 11.6 Å². The van der Waals surface area contributed by atoms with Gasteiger partial charge in [-0.2, -0.15) is 13.2 Å². The first-order valence-electron chi connectivity index (χ1n) is 15.3. The quantitative estimate of drug-likeness (QED) is 0.128. The van der Waals surface area contributed by atoms with Crippen molar-refractivity contribution in [2.45, 2.75) is 44.6 Å². The van der Waals surface area contributed by atoms with Crippen LogP contribution in [0.4, 0.5) is 27.6 Å². The van der Waals surface area contributed by atoms with Crippen LogP contribution in [0, 0.1) is 18.6 Å². The number of hydrogen-bond acceptors (Lipinski definition) is 8. The number of nitrogens with zero attached hydrogens (tertiary/aromatic N) is 3. The number of halogens is 6. The number of nitrogens with one attached hydrogen (secondary N) is 3. The van der Waals surface area contributed by atoms with Crippen LogP contribution in [0.1, 0.15) is 34.3 Å². The van der Waals surface area contributed by atoms with Gasteiger partial charge in [0, 0.05) is 42.5 Å². The summed E-state index contributed by atoms with van der Waals surface area (Å²) < 4.78 is 65.1. The Bertz CT molecular complexity index is 1980. The van der Waals surface area contributed by atoms with E-state index in [0.29, 0.717) is 34.7 Å². The first-order chi connectivity index (χ1) is 23.5. The molecule has 2 aromatic carbocycles. The maximum Gasteiger partial charge on any atom is 0.490 e. The average molecular weight is 727 g/mol. The zero-order valence-corrected chi connectivity index (χ0v) is 27.4. The van der Waals surface area contributed by atoms with Crippen molar-refractivity contribution in [3.05, 3.63) is 74.2 Å². The van der Waals surface area contributed by atoms with E-state index in [4.69, 9.17) is 26.2 Å². The number of aromatic nitrogens is 3. The summed E-state index contributed by atoms with van der Waals surface area (Å²) in [5.74, 6) is -4.41. The van der Waals surface area contributed by atoms with Gasteiger partial charge in [0.1, 0.15) is 40.7 Å². The monoisotopic (exact) mass is 726 g/mol. The molecular formula is C32H32ClF5N6O6. The molecule has 2 aliphatic rings. The molecule has 0 spiro atoms. The van der Waals surface area contributed by atoms with Gasteiger partial charge in [0.25, 0.3) is 11.5 Å². The second-order valence-corrected chi connectivity index (χ2v) is 12.3. The number of carboxylic acid groups (broad SMARTS) is 1. The van der Waals surface area contributed by atoms with Crippen LogP contribution < -0.4 is 15.6 Å². The molecule has 5 N–H and O–H groups in total. The van der Waals surface area contributed by atoms with Gasteiger partial charge in [-0.05, 0) is 63.7 Å². The number of rotatable bonds is 8. The van der Waals surface area contributed by atoms with Crippen molar-refractivity contribution < 1.29 is 46.5 Å². The fourth-order valence-corrected chi connectivity index (χ4v) is 5.92. The Morgan fingerprint density at radius 3 is 2.54 bits per heavy atom. The normalized spacial score (nSPS) is 15.9. The van der Waals surface area contributed by atoms with E-state index in [0.717, 1.165) is 37.6 Å². The number of amides is 1.